The smallest absolute Gasteiger partial charge is 0.267 e. The fourth-order valence-corrected chi connectivity index (χ4v) is 3.58. The third-order valence-corrected chi connectivity index (χ3v) is 5.10. The van der Waals surface area contributed by atoms with Gasteiger partial charge in [-0.1, -0.05) is 12.1 Å². The molecule has 0 aliphatic heterocycles. The number of carbonyl (C=O) groups is 1. The van der Waals surface area contributed by atoms with Crippen molar-refractivity contribution in [1.29, 1.82) is 0 Å². The molecule has 0 spiro atoms. The number of halogens is 1. The highest BCUT2D eigenvalue weighted by atomic mass is 19.1. The molecular formula is C25H25FN6O3. The molecule has 10 heteroatoms. The summed E-state index contributed by atoms with van der Waals surface area (Å²) in [5.41, 5.74) is 1.67. The lowest BCUT2D eigenvalue weighted by Gasteiger charge is -2.17. The van der Waals surface area contributed by atoms with Crippen LogP contribution in [0.5, 0.6) is 5.75 Å². The van der Waals surface area contributed by atoms with Crippen LogP contribution in [0.3, 0.4) is 0 Å². The second-order valence-corrected chi connectivity index (χ2v) is 8.16. The normalized spacial score (nSPS) is 11.7. The first kappa shape index (κ1) is 23.8. The predicted octanol–water partition coefficient (Wildman–Crippen LogP) is 2.75. The zero-order chi connectivity index (χ0) is 24.8. The number of pyridine rings is 1. The van der Waals surface area contributed by atoms with Crippen molar-refractivity contribution in [3.63, 3.8) is 0 Å². The van der Waals surface area contributed by atoms with E-state index in [-0.39, 0.29) is 36.4 Å². The van der Waals surface area contributed by atoms with Crippen LogP contribution in [-0.4, -0.2) is 36.6 Å². The number of ether oxygens (including phenoxy) is 1. The van der Waals surface area contributed by atoms with E-state index in [0.717, 1.165) is 5.56 Å². The Labute approximate surface area is 201 Å². The zero-order valence-corrected chi connectivity index (χ0v) is 19.4. The third kappa shape index (κ3) is 6.83. The predicted molar refractivity (Wildman–Crippen MR) is 128 cm³/mol. The van der Waals surface area contributed by atoms with Crippen molar-refractivity contribution < 1.29 is 13.9 Å². The molecule has 0 aliphatic carbocycles. The van der Waals surface area contributed by atoms with Crippen LogP contribution >= 0.6 is 0 Å². The quantitative estimate of drug-likeness (QED) is 0.398. The van der Waals surface area contributed by atoms with E-state index in [1.807, 2.05) is 6.92 Å². The van der Waals surface area contributed by atoms with Gasteiger partial charge in [-0.3, -0.25) is 19.3 Å². The van der Waals surface area contributed by atoms with Crippen LogP contribution in [-0.2, 0) is 31.2 Å². The number of hydrogen-bond acceptors (Lipinski definition) is 6. The highest BCUT2D eigenvalue weighted by molar-refractivity contribution is 5.91. The highest BCUT2D eigenvalue weighted by Crippen LogP contribution is 2.19. The van der Waals surface area contributed by atoms with Crippen LogP contribution in [0.2, 0.25) is 0 Å². The number of anilines is 1. The number of aromatic nitrogens is 5. The lowest BCUT2D eigenvalue weighted by molar-refractivity contribution is -0.115. The number of aryl methyl sites for hydroxylation is 1. The van der Waals surface area contributed by atoms with Gasteiger partial charge >= 0.3 is 0 Å². The molecule has 9 nitrogen and oxygen atoms in total. The summed E-state index contributed by atoms with van der Waals surface area (Å²) in [5, 5.41) is 11.0. The number of amides is 1. The van der Waals surface area contributed by atoms with E-state index in [1.54, 1.807) is 54.3 Å². The van der Waals surface area contributed by atoms with Crippen LogP contribution in [0.25, 0.3) is 0 Å². The van der Waals surface area contributed by atoms with Gasteiger partial charge in [-0.25, -0.2) is 9.07 Å². The molecule has 4 rings (SSSR count). The van der Waals surface area contributed by atoms with Crippen molar-refractivity contribution in [2.24, 2.45) is 7.05 Å². The molecule has 0 unspecified atom stereocenters. The van der Waals surface area contributed by atoms with Gasteiger partial charge in [0.25, 0.3) is 5.56 Å². The van der Waals surface area contributed by atoms with Crippen LogP contribution in [0.1, 0.15) is 23.9 Å². The van der Waals surface area contributed by atoms with E-state index in [2.05, 4.69) is 20.5 Å². The lowest BCUT2D eigenvalue weighted by atomic mass is 10.1. The van der Waals surface area contributed by atoms with Crippen molar-refractivity contribution >= 4 is 11.7 Å². The van der Waals surface area contributed by atoms with Gasteiger partial charge in [0.15, 0.2) is 5.82 Å². The summed E-state index contributed by atoms with van der Waals surface area (Å²) < 4.78 is 22.2. The Hall–Kier alpha value is -4.34. The molecule has 1 amide bonds. The maximum Gasteiger partial charge on any atom is 0.267 e. The van der Waals surface area contributed by atoms with Crippen LogP contribution in [0.15, 0.2) is 71.8 Å². The SMILES string of the molecule is C[C@@H](Cc1ccc(F)cc1)Oc1cc(CC(=O)Nc2ccn(C)n2)nc(Cn2ncccc2=O)c1. The van der Waals surface area contributed by atoms with E-state index in [1.165, 1.54) is 29.1 Å². The summed E-state index contributed by atoms with van der Waals surface area (Å²) in [6, 6.07) is 14.4. The summed E-state index contributed by atoms with van der Waals surface area (Å²) in [7, 11) is 1.76. The van der Waals surface area contributed by atoms with Gasteiger partial charge in [0, 0.05) is 50.1 Å². The Morgan fingerprint density at radius 3 is 2.63 bits per heavy atom. The van der Waals surface area contributed by atoms with E-state index < -0.39 is 0 Å². The fourth-order valence-electron chi connectivity index (χ4n) is 3.58. The van der Waals surface area contributed by atoms with Gasteiger partial charge in [0.05, 0.1) is 30.5 Å². The Balaban J connectivity index is 1.53. The minimum Gasteiger partial charge on any atom is -0.490 e. The third-order valence-electron chi connectivity index (χ3n) is 5.10. The van der Waals surface area contributed by atoms with Crippen LogP contribution in [0, 0.1) is 5.82 Å². The minimum atomic E-state index is -0.292. The standard InChI is InChI=1S/C25H25FN6O3/c1-17(12-18-5-7-19(26)8-6-18)35-22-13-20(15-24(33)29-23-9-11-31(2)30-23)28-21(14-22)16-32-25(34)4-3-10-27-32/h3-11,13-14,17H,12,15-16H2,1-2H3,(H,29,30,33)/t17-/m0/s1. The van der Waals surface area contributed by atoms with Gasteiger partial charge in [-0.2, -0.15) is 10.2 Å². The Kier molecular flexibility index (Phi) is 7.30. The lowest BCUT2D eigenvalue weighted by Crippen LogP contribution is -2.23. The molecule has 0 aliphatic rings. The van der Waals surface area contributed by atoms with E-state index in [9.17, 15) is 14.0 Å². The molecule has 4 aromatic rings. The number of benzene rings is 1. The molecule has 0 fully saturated rings. The second-order valence-electron chi connectivity index (χ2n) is 8.16. The van der Waals surface area contributed by atoms with E-state index in [4.69, 9.17) is 4.74 Å². The molecule has 0 radical (unpaired) electrons. The average molecular weight is 477 g/mol. The van der Waals surface area contributed by atoms with Gasteiger partial charge in [-0.15, -0.1) is 0 Å². The maximum atomic E-state index is 13.2. The number of carbonyl (C=O) groups excluding carboxylic acids is 1. The summed E-state index contributed by atoms with van der Waals surface area (Å²) in [4.78, 5) is 29.3. The highest BCUT2D eigenvalue weighted by Gasteiger charge is 2.13. The molecule has 0 bridgehead atoms. The monoisotopic (exact) mass is 476 g/mol. The van der Waals surface area contributed by atoms with Crippen molar-refractivity contribution in [2.45, 2.75) is 32.4 Å². The first-order chi connectivity index (χ1) is 16.8. The van der Waals surface area contributed by atoms with Crippen molar-refractivity contribution in [3.05, 3.63) is 100 Å². The molecule has 1 N–H and O–H groups in total. The Morgan fingerprint density at radius 2 is 1.91 bits per heavy atom. The fraction of sp³-hybridized carbons (Fsp3) is 0.240. The second kappa shape index (κ2) is 10.7. The van der Waals surface area contributed by atoms with Crippen molar-refractivity contribution in [3.8, 4) is 5.75 Å². The molecular weight excluding hydrogens is 451 g/mol. The largest absolute Gasteiger partial charge is 0.490 e. The molecule has 35 heavy (non-hydrogen) atoms. The number of nitrogens with one attached hydrogen (secondary N) is 1. The molecule has 3 aromatic heterocycles. The van der Waals surface area contributed by atoms with Crippen LogP contribution < -0.4 is 15.6 Å². The van der Waals surface area contributed by atoms with Crippen molar-refractivity contribution in [2.75, 3.05) is 5.32 Å². The summed E-state index contributed by atoms with van der Waals surface area (Å²) in [5.74, 6) is 0.375. The van der Waals surface area contributed by atoms with E-state index in [0.29, 0.717) is 29.4 Å². The summed E-state index contributed by atoms with van der Waals surface area (Å²) in [6.07, 6.45) is 3.57. The number of hydrogen-bond donors (Lipinski definition) is 1. The molecule has 180 valence electrons. The van der Waals surface area contributed by atoms with Gasteiger partial charge in [-0.05, 0) is 30.7 Å². The molecule has 0 saturated carbocycles. The minimum absolute atomic E-state index is 0.00969. The van der Waals surface area contributed by atoms with Crippen LogP contribution in [0.4, 0.5) is 10.2 Å². The Morgan fingerprint density at radius 1 is 1.14 bits per heavy atom. The van der Waals surface area contributed by atoms with E-state index >= 15 is 0 Å². The molecule has 1 atom stereocenters. The van der Waals surface area contributed by atoms with Gasteiger partial charge in [0.1, 0.15) is 11.6 Å². The molecule has 1 aromatic carbocycles. The maximum absolute atomic E-state index is 13.2. The number of rotatable bonds is 9. The summed E-state index contributed by atoms with van der Waals surface area (Å²) >= 11 is 0. The first-order valence-electron chi connectivity index (χ1n) is 11.1. The van der Waals surface area contributed by atoms with Gasteiger partial charge in [0.2, 0.25) is 5.91 Å². The van der Waals surface area contributed by atoms with Crippen molar-refractivity contribution in [1.82, 2.24) is 24.5 Å². The first-order valence-corrected chi connectivity index (χ1v) is 11.1. The average Bonchev–Trinajstić information content (AvgIpc) is 3.21. The molecule has 0 saturated heterocycles. The summed E-state index contributed by atoms with van der Waals surface area (Å²) in [6.45, 7) is 2.03. The Bertz CT molecular complexity index is 1370. The number of nitrogens with zero attached hydrogens (tertiary/aromatic N) is 5. The zero-order valence-electron chi connectivity index (χ0n) is 19.4. The topological polar surface area (TPSA) is 104 Å². The molecule has 3 heterocycles. The van der Waals surface area contributed by atoms with Gasteiger partial charge < -0.3 is 10.1 Å².